The summed E-state index contributed by atoms with van der Waals surface area (Å²) in [5, 5.41) is 10.4. The molecule has 0 saturated carbocycles. The fourth-order valence-electron chi connectivity index (χ4n) is 3.18. The molecule has 0 amide bonds. The number of hydrogen-bond acceptors (Lipinski definition) is 8. The van der Waals surface area contributed by atoms with Gasteiger partial charge in [-0.2, -0.15) is 0 Å². The maximum absolute atomic E-state index is 12.7. The molecule has 0 radical (unpaired) electrons. The van der Waals surface area contributed by atoms with Gasteiger partial charge in [-0.15, -0.1) is 0 Å². The van der Waals surface area contributed by atoms with Gasteiger partial charge in [0.15, 0.2) is 11.5 Å². The molecule has 1 N–H and O–H groups in total. The van der Waals surface area contributed by atoms with Gasteiger partial charge in [-0.25, -0.2) is 4.79 Å². The molecule has 1 aromatic carbocycles. The maximum atomic E-state index is 12.7. The molecular weight excluding hydrogens is 368 g/mol. The van der Waals surface area contributed by atoms with E-state index < -0.39 is 29.4 Å². The minimum Gasteiger partial charge on any atom is -0.507 e. The largest absolute Gasteiger partial charge is 0.507 e. The van der Waals surface area contributed by atoms with Gasteiger partial charge in [0, 0.05) is 24.5 Å². The lowest BCUT2D eigenvalue weighted by Crippen LogP contribution is -2.25. The van der Waals surface area contributed by atoms with Crippen LogP contribution >= 0.6 is 0 Å². The number of methoxy groups -OCH3 is 2. The Hall–Kier alpha value is -2.90. The van der Waals surface area contributed by atoms with Gasteiger partial charge in [0.2, 0.25) is 11.6 Å². The summed E-state index contributed by atoms with van der Waals surface area (Å²) in [4.78, 5) is 48.4. The predicted octanol–water partition coefficient (Wildman–Crippen LogP) is 2.17. The molecule has 1 aromatic rings. The zero-order valence-corrected chi connectivity index (χ0v) is 16.2. The lowest BCUT2D eigenvalue weighted by atomic mass is 9.96. The second-order valence-electron chi connectivity index (χ2n) is 6.62. The molecule has 2 rings (SSSR count). The van der Waals surface area contributed by atoms with E-state index >= 15 is 0 Å². The van der Waals surface area contributed by atoms with Crippen molar-refractivity contribution in [3.8, 4) is 17.2 Å². The second kappa shape index (κ2) is 9.34. The number of carbonyl (C=O) groups excluding carboxylic acids is 4. The summed E-state index contributed by atoms with van der Waals surface area (Å²) in [7, 11) is 2.78. The Kier molecular flexibility index (Phi) is 7.14. The van der Waals surface area contributed by atoms with Crippen molar-refractivity contribution < 1.29 is 38.5 Å². The lowest BCUT2D eigenvalue weighted by molar-refractivity contribution is -0.144. The van der Waals surface area contributed by atoms with Gasteiger partial charge >= 0.3 is 5.97 Å². The molecule has 1 aliphatic rings. The summed E-state index contributed by atoms with van der Waals surface area (Å²) >= 11 is 0. The van der Waals surface area contributed by atoms with Crippen LogP contribution in [0.5, 0.6) is 17.2 Å². The van der Waals surface area contributed by atoms with Crippen molar-refractivity contribution in [1.82, 2.24) is 0 Å². The number of benzene rings is 1. The highest BCUT2D eigenvalue weighted by molar-refractivity contribution is 6.63. The standard InChI is InChI=1S/C20H24O8/c1-11-6-4-8-13(21)18(24)14(22)9-5-7-12-17(20(25)28-11)15(23)10-16(26-2)19(12)27-3/h10-11,23H,4-9H2,1-3H3/t11-/m0/s1. The topological polar surface area (TPSA) is 116 Å². The van der Waals surface area contributed by atoms with Gasteiger partial charge in [-0.1, -0.05) is 0 Å². The smallest absolute Gasteiger partial charge is 0.342 e. The van der Waals surface area contributed by atoms with E-state index in [1.165, 1.54) is 20.3 Å². The summed E-state index contributed by atoms with van der Waals surface area (Å²) in [6, 6.07) is 1.26. The van der Waals surface area contributed by atoms with E-state index in [1.54, 1.807) is 6.92 Å². The Morgan fingerprint density at radius 2 is 1.64 bits per heavy atom. The first-order valence-corrected chi connectivity index (χ1v) is 9.08. The number of fused-ring (bicyclic) bond motifs is 1. The first kappa shape index (κ1) is 21.4. The Morgan fingerprint density at radius 1 is 1.00 bits per heavy atom. The van der Waals surface area contributed by atoms with Crippen LogP contribution in [0.15, 0.2) is 6.07 Å². The molecule has 28 heavy (non-hydrogen) atoms. The molecule has 8 nitrogen and oxygen atoms in total. The summed E-state index contributed by atoms with van der Waals surface area (Å²) in [5.41, 5.74) is 0.261. The Morgan fingerprint density at radius 3 is 2.25 bits per heavy atom. The SMILES string of the molecule is COc1cc(O)c2c(c1OC)CCCC(=O)C(=O)C(=O)CCC[C@H](C)OC2=O. The van der Waals surface area contributed by atoms with Crippen LogP contribution in [0.3, 0.4) is 0 Å². The number of phenols is 1. The van der Waals surface area contributed by atoms with Crippen LogP contribution in [0.25, 0.3) is 0 Å². The molecule has 0 aliphatic carbocycles. The highest BCUT2D eigenvalue weighted by atomic mass is 16.5. The van der Waals surface area contributed by atoms with Crippen molar-refractivity contribution in [2.45, 2.75) is 51.6 Å². The summed E-state index contributed by atoms with van der Waals surface area (Å²) in [5.74, 6) is -3.08. The molecular formula is C20H24O8. The number of ether oxygens (including phenoxy) is 3. The normalized spacial score (nSPS) is 19.5. The van der Waals surface area contributed by atoms with E-state index in [4.69, 9.17) is 14.2 Å². The number of carbonyl (C=O) groups is 4. The molecule has 0 saturated heterocycles. The Labute approximate surface area is 162 Å². The molecule has 0 fully saturated rings. The van der Waals surface area contributed by atoms with Gasteiger partial charge in [0.1, 0.15) is 11.3 Å². The van der Waals surface area contributed by atoms with Gasteiger partial charge < -0.3 is 19.3 Å². The molecule has 152 valence electrons. The molecule has 0 spiro atoms. The van der Waals surface area contributed by atoms with Crippen LogP contribution in [-0.2, 0) is 25.5 Å². The Balaban J connectivity index is 2.48. The summed E-state index contributed by atoms with van der Waals surface area (Å²) < 4.78 is 15.9. The van der Waals surface area contributed by atoms with Gasteiger partial charge in [-0.05, 0) is 32.6 Å². The first-order valence-electron chi connectivity index (χ1n) is 9.08. The maximum Gasteiger partial charge on any atom is 0.342 e. The molecule has 1 heterocycles. The van der Waals surface area contributed by atoms with E-state index in [0.29, 0.717) is 18.4 Å². The zero-order valence-electron chi connectivity index (χ0n) is 16.2. The minimum absolute atomic E-state index is 0.0589. The number of aromatic hydroxyl groups is 1. The van der Waals surface area contributed by atoms with E-state index in [9.17, 15) is 24.3 Å². The third-order valence-corrected chi connectivity index (χ3v) is 4.61. The van der Waals surface area contributed by atoms with Crippen molar-refractivity contribution in [2.24, 2.45) is 0 Å². The van der Waals surface area contributed by atoms with E-state index in [2.05, 4.69) is 0 Å². The number of cyclic esters (lactones) is 1. The molecule has 0 aromatic heterocycles. The van der Waals surface area contributed by atoms with E-state index in [0.717, 1.165) is 0 Å². The van der Waals surface area contributed by atoms with E-state index in [-0.39, 0.29) is 48.5 Å². The minimum atomic E-state index is -0.998. The molecule has 8 heteroatoms. The fourth-order valence-corrected chi connectivity index (χ4v) is 3.18. The zero-order chi connectivity index (χ0) is 20.8. The van der Waals surface area contributed by atoms with Crippen molar-refractivity contribution in [3.05, 3.63) is 17.2 Å². The second-order valence-corrected chi connectivity index (χ2v) is 6.62. The number of phenolic OH excluding ortho intramolecular Hbond substituents is 1. The van der Waals surface area contributed by atoms with E-state index in [1.807, 2.05) is 0 Å². The van der Waals surface area contributed by atoms with Crippen molar-refractivity contribution in [3.63, 3.8) is 0 Å². The lowest BCUT2D eigenvalue weighted by Gasteiger charge is -2.20. The molecule has 1 aliphatic heterocycles. The van der Waals surface area contributed by atoms with Crippen molar-refractivity contribution >= 4 is 23.3 Å². The first-order chi connectivity index (χ1) is 13.3. The van der Waals surface area contributed by atoms with Crippen LogP contribution in [0, 0.1) is 0 Å². The average Bonchev–Trinajstić information content (AvgIpc) is 2.65. The van der Waals surface area contributed by atoms with Gasteiger partial charge in [0.25, 0.3) is 5.78 Å². The third kappa shape index (κ3) is 4.68. The summed E-state index contributed by atoms with van der Waals surface area (Å²) in [6.45, 7) is 1.65. The summed E-state index contributed by atoms with van der Waals surface area (Å²) in [6.07, 6.45) is 0.181. The van der Waals surface area contributed by atoms with Crippen LogP contribution in [0.4, 0.5) is 0 Å². The average molecular weight is 392 g/mol. The fraction of sp³-hybridized carbons (Fsp3) is 0.500. The molecule has 0 unspecified atom stereocenters. The number of ketones is 3. The van der Waals surface area contributed by atoms with Crippen molar-refractivity contribution in [2.75, 3.05) is 14.2 Å². The number of esters is 1. The molecule has 0 bridgehead atoms. The number of rotatable bonds is 2. The molecule has 1 atom stereocenters. The van der Waals surface area contributed by atoms with Crippen LogP contribution in [0.2, 0.25) is 0 Å². The van der Waals surface area contributed by atoms with Crippen LogP contribution in [0.1, 0.15) is 54.9 Å². The van der Waals surface area contributed by atoms with Gasteiger partial charge in [0.05, 0.1) is 20.3 Å². The monoisotopic (exact) mass is 392 g/mol. The third-order valence-electron chi connectivity index (χ3n) is 4.61. The van der Waals surface area contributed by atoms with Crippen LogP contribution in [-0.4, -0.2) is 48.7 Å². The van der Waals surface area contributed by atoms with Gasteiger partial charge in [-0.3, -0.25) is 14.4 Å². The highest BCUT2D eigenvalue weighted by Crippen LogP contribution is 2.40. The highest BCUT2D eigenvalue weighted by Gasteiger charge is 2.28. The quantitative estimate of drug-likeness (QED) is 0.601. The number of hydrogen-bond donors (Lipinski definition) is 1. The van der Waals surface area contributed by atoms with Crippen molar-refractivity contribution in [1.29, 1.82) is 0 Å². The Bertz CT molecular complexity index is 796. The van der Waals surface area contributed by atoms with Crippen LogP contribution < -0.4 is 9.47 Å². The predicted molar refractivity (Wildman–Crippen MR) is 97.9 cm³/mol. The number of Topliss-reactive ketones (excluding diaryl/α,β-unsaturated/α-hetero) is 3.